The van der Waals surface area contributed by atoms with Crippen molar-refractivity contribution in [1.29, 1.82) is 0 Å². The Morgan fingerprint density at radius 2 is 2.32 bits per heavy atom. The van der Waals surface area contributed by atoms with Gasteiger partial charge in [0.1, 0.15) is 6.04 Å². The fourth-order valence-corrected chi connectivity index (χ4v) is 3.30. The molecule has 0 aliphatic carbocycles. The van der Waals surface area contributed by atoms with Gasteiger partial charge < -0.3 is 10.1 Å². The van der Waals surface area contributed by atoms with Crippen molar-refractivity contribution in [2.45, 2.75) is 51.6 Å². The van der Waals surface area contributed by atoms with Gasteiger partial charge in [-0.05, 0) is 32.7 Å². The minimum atomic E-state index is -0.189. The van der Waals surface area contributed by atoms with Crippen LogP contribution in [0.4, 0.5) is 0 Å². The van der Waals surface area contributed by atoms with Crippen LogP contribution < -0.4 is 5.32 Å². The zero-order chi connectivity index (χ0) is 13.8. The lowest BCUT2D eigenvalue weighted by atomic mass is 9.89. The Morgan fingerprint density at radius 1 is 1.53 bits per heavy atom. The number of fused-ring (bicyclic) bond motifs is 1. The van der Waals surface area contributed by atoms with Crippen LogP contribution in [0, 0.1) is 5.92 Å². The Labute approximate surface area is 114 Å². The van der Waals surface area contributed by atoms with E-state index >= 15 is 0 Å². The molecule has 0 aromatic heterocycles. The van der Waals surface area contributed by atoms with E-state index in [2.05, 4.69) is 17.1 Å². The van der Waals surface area contributed by atoms with E-state index in [-0.39, 0.29) is 29.9 Å². The smallest absolute Gasteiger partial charge is 0.323 e. The molecule has 1 amide bonds. The Morgan fingerprint density at radius 3 is 3.00 bits per heavy atom. The first-order chi connectivity index (χ1) is 9.19. The highest BCUT2D eigenvalue weighted by molar-refractivity contribution is 5.82. The maximum absolute atomic E-state index is 12.1. The van der Waals surface area contributed by atoms with Crippen molar-refractivity contribution >= 4 is 11.9 Å². The second-order valence-electron chi connectivity index (χ2n) is 5.36. The number of hydrogen-bond donors (Lipinski definition) is 1. The van der Waals surface area contributed by atoms with Crippen molar-refractivity contribution < 1.29 is 14.3 Å². The van der Waals surface area contributed by atoms with Gasteiger partial charge in [-0.2, -0.15) is 0 Å². The van der Waals surface area contributed by atoms with Gasteiger partial charge in [0.05, 0.1) is 12.5 Å². The number of carbonyl (C=O) groups is 2. The Balaban J connectivity index is 2.11. The largest absolute Gasteiger partial charge is 0.465 e. The number of nitrogens with one attached hydrogen (secondary N) is 1. The molecule has 0 aromatic rings. The first-order valence-corrected chi connectivity index (χ1v) is 7.39. The first kappa shape index (κ1) is 14.3. The molecule has 0 spiro atoms. The Kier molecular flexibility index (Phi) is 4.80. The van der Waals surface area contributed by atoms with Crippen LogP contribution in [0.1, 0.15) is 39.5 Å². The lowest BCUT2D eigenvalue weighted by molar-refractivity contribution is -0.152. The fraction of sp³-hybridized carbons (Fsp3) is 0.857. The van der Waals surface area contributed by atoms with Gasteiger partial charge >= 0.3 is 5.97 Å². The molecule has 3 atom stereocenters. The van der Waals surface area contributed by atoms with Gasteiger partial charge in [0.25, 0.3) is 0 Å². The number of ether oxygens (including phenoxy) is 1. The molecule has 5 heteroatoms. The highest BCUT2D eigenvalue weighted by atomic mass is 16.5. The highest BCUT2D eigenvalue weighted by Crippen LogP contribution is 2.30. The van der Waals surface area contributed by atoms with E-state index < -0.39 is 0 Å². The summed E-state index contributed by atoms with van der Waals surface area (Å²) in [6.07, 6.45) is 3.66. The minimum absolute atomic E-state index is 0.0579. The maximum atomic E-state index is 12.1. The molecular weight excluding hydrogens is 244 g/mol. The fourth-order valence-electron chi connectivity index (χ4n) is 3.30. The van der Waals surface area contributed by atoms with E-state index in [0.717, 1.165) is 32.2 Å². The summed E-state index contributed by atoms with van der Waals surface area (Å²) in [4.78, 5) is 26.1. The summed E-state index contributed by atoms with van der Waals surface area (Å²) in [6.45, 7) is 5.88. The number of carbonyl (C=O) groups excluding carboxylic acids is 2. The summed E-state index contributed by atoms with van der Waals surface area (Å²) >= 11 is 0. The molecule has 0 aromatic carbocycles. The summed E-state index contributed by atoms with van der Waals surface area (Å²) in [6, 6.07) is -0.0207. The summed E-state index contributed by atoms with van der Waals surface area (Å²) in [5.74, 6) is 0.0701. The van der Waals surface area contributed by atoms with Gasteiger partial charge in [-0.1, -0.05) is 13.3 Å². The maximum Gasteiger partial charge on any atom is 0.323 e. The van der Waals surface area contributed by atoms with Crippen molar-refractivity contribution in [3.8, 4) is 0 Å². The Bertz CT molecular complexity index is 346. The van der Waals surface area contributed by atoms with Crippen molar-refractivity contribution in [3.63, 3.8) is 0 Å². The number of piperidine rings is 1. The third-order valence-corrected chi connectivity index (χ3v) is 4.17. The topological polar surface area (TPSA) is 58.6 Å². The molecule has 108 valence electrons. The monoisotopic (exact) mass is 268 g/mol. The SMILES string of the molecule is CCCC(C(=O)OCC)N1CCCC2C(=O)NCC21. The quantitative estimate of drug-likeness (QED) is 0.754. The zero-order valence-electron chi connectivity index (χ0n) is 11.9. The number of esters is 1. The van der Waals surface area contributed by atoms with Crippen molar-refractivity contribution in [2.75, 3.05) is 19.7 Å². The van der Waals surface area contributed by atoms with Gasteiger partial charge in [-0.15, -0.1) is 0 Å². The molecule has 1 N–H and O–H groups in total. The molecule has 19 heavy (non-hydrogen) atoms. The summed E-state index contributed by atoms with van der Waals surface area (Å²) < 4.78 is 5.20. The van der Waals surface area contributed by atoms with E-state index in [9.17, 15) is 9.59 Å². The van der Waals surface area contributed by atoms with Gasteiger partial charge in [0.2, 0.25) is 5.91 Å². The molecule has 2 heterocycles. The van der Waals surface area contributed by atoms with E-state index in [1.807, 2.05) is 6.92 Å². The summed E-state index contributed by atoms with van der Waals surface area (Å²) in [5, 5.41) is 2.93. The third-order valence-electron chi connectivity index (χ3n) is 4.17. The van der Waals surface area contributed by atoms with Crippen LogP contribution in [0.3, 0.4) is 0 Å². The van der Waals surface area contributed by atoms with E-state index in [1.165, 1.54) is 0 Å². The lowest BCUT2D eigenvalue weighted by Crippen LogP contribution is -2.53. The van der Waals surface area contributed by atoms with Gasteiger partial charge in [0.15, 0.2) is 0 Å². The van der Waals surface area contributed by atoms with Crippen molar-refractivity contribution in [2.24, 2.45) is 5.92 Å². The molecule has 2 rings (SSSR count). The van der Waals surface area contributed by atoms with E-state index in [1.54, 1.807) is 0 Å². The average molecular weight is 268 g/mol. The molecule has 2 aliphatic rings. The minimum Gasteiger partial charge on any atom is -0.465 e. The third kappa shape index (κ3) is 2.91. The molecule has 2 saturated heterocycles. The highest BCUT2D eigenvalue weighted by Gasteiger charge is 2.44. The number of likely N-dealkylation sites (tertiary alicyclic amines) is 1. The lowest BCUT2D eigenvalue weighted by Gasteiger charge is -2.40. The molecule has 0 radical (unpaired) electrons. The molecule has 5 nitrogen and oxygen atoms in total. The number of hydrogen-bond acceptors (Lipinski definition) is 4. The molecule has 0 bridgehead atoms. The van der Waals surface area contributed by atoms with Crippen LogP contribution in [0.5, 0.6) is 0 Å². The number of amides is 1. The van der Waals surface area contributed by atoms with E-state index in [4.69, 9.17) is 4.74 Å². The first-order valence-electron chi connectivity index (χ1n) is 7.39. The van der Waals surface area contributed by atoms with Crippen LogP contribution in [0.15, 0.2) is 0 Å². The molecule has 2 fully saturated rings. The predicted octanol–water partition coefficient (Wildman–Crippen LogP) is 0.929. The standard InChI is InChI=1S/C14H24N2O3/c1-3-6-11(14(18)19-4-2)16-8-5-7-10-12(16)9-15-13(10)17/h10-12H,3-9H2,1-2H3,(H,15,17). The summed E-state index contributed by atoms with van der Waals surface area (Å²) in [7, 11) is 0. The van der Waals surface area contributed by atoms with Crippen molar-refractivity contribution in [1.82, 2.24) is 10.2 Å². The van der Waals surface area contributed by atoms with Crippen LogP contribution in [0.25, 0.3) is 0 Å². The van der Waals surface area contributed by atoms with Crippen LogP contribution in [0.2, 0.25) is 0 Å². The normalized spacial score (nSPS) is 28.6. The second-order valence-corrected chi connectivity index (χ2v) is 5.36. The molecule has 0 saturated carbocycles. The van der Waals surface area contributed by atoms with Gasteiger partial charge in [0, 0.05) is 12.6 Å². The summed E-state index contributed by atoms with van der Waals surface area (Å²) in [5.41, 5.74) is 0. The van der Waals surface area contributed by atoms with Crippen LogP contribution in [-0.4, -0.2) is 48.6 Å². The molecule has 2 aliphatic heterocycles. The Hall–Kier alpha value is -1.10. The second kappa shape index (κ2) is 6.37. The number of rotatable bonds is 5. The van der Waals surface area contributed by atoms with Gasteiger partial charge in [-0.25, -0.2) is 0 Å². The predicted molar refractivity (Wildman–Crippen MR) is 71.6 cm³/mol. The molecule has 3 unspecified atom stereocenters. The molecular formula is C14H24N2O3. The number of nitrogens with zero attached hydrogens (tertiary/aromatic N) is 1. The average Bonchev–Trinajstić information content (AvgIpc) is 2.78. The van der Waals surface area contributed by atoms with Crippen LogP contribution >= 0.6 is 0 Å². The van der Waals surface area contributed by atoms with Gasteiger partial charge in [-0.3, -0.25) is 14.5 Å². The van der Waals surface area contributed by atoms with E-state index in [0.29, 0.717) is 13.2 Å². The zero-order valence-corrected chi connectivity index (χ0v) is 11.9. The van der Waals surface area contributed by atoms with Crippen LogP contribution in [-0.2, 0) is 14.3 Å². The van der Waals surface area contributed by atoms with Crippen molar-refractivity contribution in [3.05, 3.63) is 0 Å².